The van der Waals surface area contributed by atoms with Crippen molar-refractivity contribution in [3.8, 4) is 0 Å². The van der Waals surface area contributed by atoms with Crippen molar-refractivity contribution in [1.29, 1.82) is 0 Å². The van der Waals surface area contributed by atoms with Crippen LogP contribution in [-0.2, 0) is 38.7 Å². The topological polar surface area (TPSA) is 216 Å². The molecule has 0 saturated carbocycles. The summed E-state index contributed by atoms with van der Waals surface area (Å²) < 4.78 is 23.5. The van der Waals surface area contributed by atoms with Gasteiger partial charge in [-0.3, -0.25) is 25.5 Å². The van der Waals surface area contributed by atoms with E-state index in [1.165, 1.54) is 18.3 Å². The lowest BCUT2D eigenvalue weighted by atomic mass is 10.0. The number of anilines is 2. The second-order valence-corrected chi connectivity index (χ2v) is 12.2. The Hall–Kier alpha value is -4.54. The number of carbonyl (C=O) groups excluding carboxylic acids is 2. The van der Waals surface area contributed by atoms with E-state index < -0.39 is 34.2 Å². The molecule has 0 atom stereocenters. The summed E-state index contributed by atoms with van der Waals surface area (Å²) in [6.07, 6.45) is -1.48. The number of nitrogens with one attached hydrogen (secondary N) is 5. The highest BCUT2D eigenvalue weighted by Crippen LogP contribution is 2.27. The smallest absolute Gasteiger partial charge is 0.407 e. The minimum absolute atomic E-state index is 0.236. The normalized spacial score (nSPS) is 11.1. The van der Waals surface area contributed by atoms with Gasteiger partial charge in [-0.1, -0.05) is 24.3 Å². The molecule has 0 aliphatic heterocycles. The number of carbonyl (C=O) groups is 4. The van der Waals surface area contributed by atoms with Crippen LogP contribution >= 0.6 is 11.3 Å². The van der Waals surface area contributed by atoms with Crippen LogP contribution in [0.5, 0.6) is 0 Å². The molecule has 0 spiro atoms. The Kier molecular flexibility index (Phi) is 11.0. The lowest BCUT2D eigenvalue weighted by Gasteiger charge is -2.18. The van der Waals surface area contributed by atoms with Crippen LogP contribution in [0.1, 0.15) is 28.6 Å². The molecule has 0 aliphatic carbocycles. The van der Waals surface area contributed by atoms with E-state index in [9.17, 15) is 27.6 Å². The Morgan fingerprint density at radius 3 is 2.02 bits per heavy atom. The Morgan fingerprint density at radius 2 is 1.48 bits per heavy atom. The number of nitrogens with zero attached hydrogens (tertiary/aromatic N) is 1. The number of thiazole rings is 1. The number of aromatic nitrogens is 1. The van der Waals surface area contributed by atoms with Crippen LogP contribution in [-0.4, -0.2) is 66.7 Å². The zero-order valence-corrected chi connectivity index (χ0v) is 24.3. The molecular formula is C26H30N6O8S2. The van der Waals surface area contributed by atoms with Crippen LogP contribution in [0.15, 0.2) is 53.4 Å². The molecule has 0 radical (unpaired) electrons. The van der Waals surface area contributed by atoms with Gasteiger partial charge in [0.1, 0.15) is 0 Å². The third-order valence-electron chi connectivity index (χ3n) is 5.67. The van der Waals surface area contributed by atoms with Gasteiger partial charge in [0.2, 0.25) is 11.8 Å². The van der Waals surface area contributed by atoms with Gasteiger partial charge in [0.05, 0.1) is 17.1 Å². The van der Waals surface area contributed by atoms with Crippen LogP contribution in [0.25, 0.3) is 0 Å². The van der Waals surface area contributed by atoms with E-state index in [-0.39, 0.29) is 17.3 Å². The second kappa shape index (κ2) is 14.4. The molecule has 0 unspecified atom stereocenters. The molecule has 0 fully saturated rings. The van der Waals surface area contributed by atoms with Crippen LogP contribution in [0, 0.1) is 0 Å². The third kappa shape index (κ3) is 10.5. The van der Waals surface area contributed by atoms with E-state index in [0.29, 0.717) is 30.1 Å². The molecule has 2 aromatic carbocycles. The number of benzene rings is 2. The number of hydrogen-bond donors (Lipinski definition) is 7. The van der Waals surface area contributed by atoms with E-state index in [1.807, 2.05) is 22.8 Å². The fourth-order valence-corrected chi connectivity index (χ4v) is 5.48. The minimum atomic E-state index is -3.30. The molecule has 3 aromatic rings. The Bertz CT molecular complexity index is 1520. The summed E-state index contributed by atoms with van der Waals surface area (Å²) in [6, 6.07) is 13.7. The first-order valence-corrected chi connectivity index (χ1v) is 15.2. The number of amides is 4. The molecule has 224 valence electrons. The summed E-state index contributed by atoms with van der Waals surface area (Å²) >= 11 is 1.36. The van der Waals surface area contributed by atoms with E-state index in [1.54, 1.807) is 36.4 Å². The average molecular weight is 619 g/mol. The summed E-state index contributed by atoms with van der Waals surface area (Å²) in [5.41, 5.74) is 3.15. The molecule has 3 rings (SSSR count). The Morgan fingerprint density at radius 1 is 0.881 bits per heavy atom. The molecule has 16 heteroatoms. The summed E-state index contributed by atoms with van der Waals surface area (Å²) in [5, 5.41) is 29.6. The molecule has 0 bridgehead atoms. The Labute approximate surface area is 245 Å². The highest BCUT2D eigenvalue weighted by atomic mass is 32.2. The first kappa shape index (κ1) is 32.0. The number of sulfone groups is 1. The van der Waals surface area contributed by atoms with Crippen molar-refractivity contribution in [3.05, 3.63) is 70.2 Å². The first-order chi connectivity index (χ1) is 19.8. The van der Waals surface area contributed by atoms with Crippen molar-refractivity contribution in [1.82, 2.24) is 20.9 Å². The van der Waals surface area contributed by atoms with E-state index in [4.69, 9.17) is 10.2 Å². The van der Waals surface area contributed by atoms with Gasteiger partial charge in [0, 0.05) is 30.2 Å². The molecule has 42 heavy (non-hydrogen) atoms. The lowest BCUT2D eigenvalue weighted by Crippen LogP contribution is -2.57. The van der Waals surface area contributed by atoms with Crippen molar-refractivity contribution in [3.63, 3.8) is 0 Å². The molecule has 0 saturated heterocycles. The van der Waals surface area contributed by atoms with Gasteiger partial charge in [-0.2, -0.15) is 0 Å². The van der Waals surface area contributed by atoms with Crippen LogP contribution in [0.4, 0.5) is 20.4 Å². The number of hydrogen-bond acceptors (Lipinski definition) is 9. The molecule has 4 amide bonds. The number of aryl methyl sites for hydroxylation is 2. The number of carboxylic acid groups (broad SMARTS) is 2. The van der Waals surface area contributed by atoms with E-state index in [0.717, 1.165) is 28.0 Å². The lowest BCUT2D eigenvalue weighted by molar-refractivity contribution is -0.116. The van der Waals surface area contributed by atoms with E-state index >= 15 is 0 Å². The standard InChI is InChI=1S/C26H30N6O8S2/c1-15(33)28-24-30-20(21(41-24)13-17-5-10-19(11-6-17)42(2,39)40)12-7-16-3-8-18(9-4-16)29-22(34)14-27-23(31-25(35)36)32-26(37)38/h3-6,8-11,23,27,31-32H,7,12-14H2,1-2H3,(H,29,34)(H,35,36)(H,37,38)(H,28,30,33). The molecule has 7 N–H and O–H groups in total. The van der Waals surface area contributed by atoms with Crippen LogP contribution < -0.4 is 26.6 Å². The van der Waals surface area contributed by atoms with Crippen LogP contribution in [0.3, 0.4) is 0 Å². The monoisotopic (exact) mass is 618 g/mol. The Balaban J connectivity index is 1.61. The fourth-order valence-electron chi connectivity index (χ4n) is 3.76. The summed E-state index contributed by atoms with van der Waals surface area (Å²) in [7, 11) is -3.30. The maximum atomic E-state index is 12.2. The zero-order valence-electron chi connectivity index (χ0n) is 22.6. The molecular weight excluding hydrogens is 588 g/mol. The van der Waals surface area contributed by atoms with Crippen molar-refractivity contribution in [2.24, 2.45) is 0 Å². The summed E-state index contributed by atoms with van der Waals surface area (Å²) in [5.74, 6) is -0.756. The van der Waals surface area contributed by atoms with Crippen molar-refractivity contribution in [2.75, 3.05) is 23.4 Å². The van der Waals surface area contributed by atoms with Gasteiger partial charge in [-0.05, 0) is 48.2 Å². The summed E-state index contributed by atoms with van der Waals surface area (Å²) in [6.45, 7) is 1.03. The maximum Gasteiger partial charge on any atom is 0.407 e. The summed E-state index contributed by atoms with van der Waals surface area (Å²) in [4.78, 5) is 51.1. The first-order valence-electron chi connectivity index (χ1n) is 12.4. The highest BCUT2D eigenvalue weighted by molar-refractivity contribution is 7.90. The van der Waals surface area contributed by atoms with Gasteiger partial charge >= 0.3 is 12.2 Å². The zero-order chi connectivity index (χ0) is 30.9. The number of rotatable bonds is 13. The van der Waals surface area contributed by atoms with Gasteiger partial charge in [0.25, 0.3) is 0 Å². The molecule has 1 heterocycles. The van der Waals surface area contributed by atoms with Gasteiger partial charge in [0.15, 0.2) is 21.3 Å². The second-order valence-electron chi connectivity index (χ2n) is 9.12. The highest BCUT2D eigenvalue weighted by Gasteiger charge is 2.16. The molecule has 14 nitrogen and oxygen atoms in total. The SMILES string of the molecule is CC(=O)Nc1nc(CCc2ccc(NC(=O)CNC(NC(=O)O)NC(=O)O)cc2)c(Cc2ccc(S(C)(=O)=O)cc2)s1. The van der Waals surface area contributed by atoms with E-state index in [2.05, 4.69) is 20.9 Å². The predicted molar refractivity (Wildman–Crippen MR) is 155 cm³/mol. The van der Waals surface area contributed by atoms with Crippen molar-refractivity contribution in [2.45, 2.75) is 37.4 Å². The average Bonchev–Trinajstić information content (AvgIpc) is 3.26. The maximum absolute atomic E-state index is 12.2. The van der Waals surface area contributed by atoms with Gasteiger partial charge in [-0.15, -0.1) is 11.3 Å². The predicted octanol–water partition coefficient (Wildman–Crippen LogP) is 2.23. The third-order valence-corrected chi connectivity index (χ3v) is 7.81. The van der Waals surface area contributed by atoms with Gasteiger partial charge < -0.3 is 20.8 Å². The van der Waals surface area contributed by atoms with Crippen molar-refractivity contribution < 1.29 is 37.8 Å². The van der Waals surface area contributed by atoms with Crippen LogP contribution in [0.2, 0.25) is 0 Å². The van der Waals surface area contributed by atoms with Gasteiger partial charge in [-0.25, -0.2) is 23.0 Å². The quantitative estimate of drug-likeness (QED) is 0.139. The molecule has 0 aliphatic rings. The molecule has 1 aromatic heterocycles. The minimum Gasteiger partial charge on any atom is -0.465 e. The van der Waals surface area contributed by atoms with Crippen molar-refractivity contribution >= 4 is 56.0 Å². The largest absolute Gasteiger partial charge is 0.465 e. The fraction of sp³-hybridized carbons (Fsp3) is 0.269.